The molecule has 3 amide bonds. The Balaban J connectivity index is 1.38. The van der Waals surface area contributed by atoms with Crippen molar-refractivity contribution in [2.24, 2.45) is 0 Å². The second-order valence-corrected chi connectivity index (χ2v) is 7.07. The second kappa shape index (κ2) is 8.51. The van der Waals surface area contributed by atoms with Crippen LogP contribution >= 0.6 is 11.6 Å². The van der Waals surface area contributed by atoms with Crippen molar-refractivity contribution in [2.45, 2.75) is 18.9 Å². The summed E-state index contributed by atoms with van der Waals surface area (Å²) in [6, 6.07) is 7.09. The Hall–Kier alpha value is -2.12. The van der Waals surface area contributed by atoms with E-state index in [1.165, 1.54) is 0 Å². The summed E-state index contributed by atoms with van der Waals surface area (Å²) in [6.07, 6.45) is 2.15. The van der Waals surface area contributed by atoms with Crippen LogP contribution in [0.3, 0.4) is 0 Å². The fourth-order valence-corrected chi connectivity index (χ4v) is 3.09. The number of nitrogens with one attached hydrogen (secondary N) is 2. The van der Waals surface area contributed by atoms with Crippen LogP contribution in [0.4, 0.5) is 0 Å². The zero-order valence-corrected chi connectivity index (χ0v) is 15.3. The summed E-state index contributed by atoms with van der Waals surface area (Å²) in [6.45, 7) is 2.73. The lowest BCUT2D eigenvalue weighted by Gasteiger charge is -2.34. The number of carbonyl (C=O) groups is 3. The lowest BCUT2D eigenvalue weighted by atomic mass is 10.2. The molecule has 1 saturated heterocycles. The lowest BCUT2D eigenvalue weighted by molar-refractivity contribution is -0.132. The van der Waals surface area contributed by atoms with Gasteiger partial charge < -0.3 is 15.5 Å². The number of piperazine rings is 1. The Morgan fingerprint density at radius 3 is 2.42 bits per heavy atom. The molecule has 1 saturated carbocycles. The average molecular weight is 379 g/mol. The molecule has 1 aliphatic heterocycles. The highest BCUT2D eigenvalue weighted by Gasteiger charge is 2.26. The summed E-state index contributed by atoms with van der Waals surface area (Å²) in [7, 11) is 0. The van der Waals surface area contributed by atoms with Crippen LogP contribution in [-0.4, -0.2) is 72.8 Å². The molecule has 1 aliphatic carbocycles. The molecule has 7 nitrogen and oxygen atoms in total. The molecule has 3 rings (SSSR count). The van der Waals surface area contributed by atoms with E-state index in [1.54, 1.807) is 29.2 Å². The van der Waals surface area contributed by atoms with Gasteiger partial charge in [-0.15, -0.1) is 0 Å². The first-order valence-electron chi connectivity index (χ1n) is 8.85. The molecule has 1 heterocycles. The molecule has 0 radical (unpaired) electrons. The predicted octanol–water partition coefficient (Wildman–Crippen LogP) is 0.493. The van der Waals surface area contributed by atoms with Crippen LogP contribution in [-0.2, 0) is 9.59 Å². The van der Waals surface area contributed by atoms with Crippen molar-refractivity contribution in [2.75, 3.05) is 39.3 Å². The molecule has 1 aromatic rings. The molecule has 0 aromatic heterocycles. The number of benzene rings is 1. The largest absolute Gasteiger partial charge is 0.352 e. The summed E-state index contributed by atoms with van der Waals surface area (Å²) in [4.78, 5) is 40.0. The molecule has 1 aromatic carbocycles. The standard InChI is InChI=1S/C18H23ClN4O3/c19-15-4-2-1-3-14(15)18(26)20-11-17(25)23-9-7-22(8-10-23)12-16(24)21-13-5-6-13/h1-4,13H,5-12H2,(H,20,26)(H,21,24). The summed E-state index contributed by atoms with van der Waals surface area (Å²) < 4.78 is 0. The molecular weight excluding hydrogens is 356 g/mol. The SMILES string of the molecule is O=C(CN1CCN(C(=O)CNC(=O)c2ccccc2Cl)CC1)NC1CC1. The summed E-state index contributed by atoms with van der Waals surface area (Å²) in [5.41, 5.74) is 0.355. The second-order valence-electron chi connectivity index (χ2n) is 6.66. The topological polar surface area (TPSA) is 81.8 Å². The third-order valence-electron chi connectivity index (χ3n) is 4.55. The van der Waals surface area contributed by atoms with Gasteiger partial charge in [0.2, 0.25) is 11.8 Å². The fraction of sp³-hybridized carbons (Fsp3) is 0.500. The van der Waals surface area contributed by atoms with Crippen LogP contribution in [0.15, 0.2) is 24.3 Å². The van der Waals surface area contributed by atoms with Crippen molar-refractivity contribution in [3.8, 4) is 0 Å². The molecule has 2 N–H and O–H groups in total. The molecule has 8 heteroatoms. The first-order chi connectivity index (χ1) is 12.5. The number of carbonyl (C=O) groups excluding carboxylic acids is 3. The molecule has 0 bridgehead atoms. The predicted molar refractivity (Wildman–Crippen MR) is 98.0 cm³/mol. The highest BCUT2D eigenvalue weighted by Crippen LogP contribution is 2.18. The van der Waals surface area contributed by atoms with Gasteiger partial charge in [0.1, 0.15) is 0 Å². The first kappa shape index (κ1) is 18.7. The van der Waals surface area contributed by atoms with E-state index >= 15 is 0 Å². The van der Waals surface area contributed by atoms with Gasteiger partial charge in [-0.1, -0.05) is 23.7 Å². The first-order valence-corrected chi connectivity index (χ1v) is 9.23. The van der Waals surface area contributed by atoms with Crippen molar-refractivity contribution in [1.82, 2.24) is 20.4 Å². The lowest BCUT2D eigenvalue weighted by Crippen LogP contribution is -2.53. The van der Waals surface area contributed by atoms with E-state index in [1.807, 2.05) is 4.90 Å². The van der Waals surface area contributed by atoms with Gasteiger partial charge in [0.25, 0.3) is 5.91 Å². The maximum absolute atomic E-state index is 12.3. The highest BCUT2D eigenvalue weighted by atomic mass is 35.5. The van der Waals surface area contributed by atoms with E-state index in [0.29, 0.717) is 49.4 Å². The maximum atomic E-state index is 12.3. The van der Waals surface area contributed by atoms with Gasteiger partial charge in [0.05, 0.1) is 23.7 Å². The summed E-state index contributed by atoms with van der Waals surface area (Å²) in [5.74, 6) is -0.439. The van der Waals surface area contributed by atoms with Crippen LogP contribution in [0.5, 0.6) is 0 Å². The molecule has 0 unspecified atom stereocenters. The van der Waals surface area contributed by atoms with E-state index in [2.05, 4.69) is 10.6 Å². The normalized spacial score (nSPS) is 17.7. The summed E-state index contributed by atoms with van der Waals surface area (Å²) >= 11 is 5.98. The van der Waals surface area contributed by atoms with Crippen molar-refractivity contribution in [3.63, 3.8) is 0 Å². The summed E-state index contributed by atoms with van der Waals surface area (Å²) in [5, 5.41) is 5.94. The van der Waals surface area contributed by atoms with Crippen LogP contribution < -0.4 is 10.6 Å². The van der Waals surface area contributed by atoms with Gasteiger partial charge >= 0.3 is 0 Å². The number of amides is 3. The Labute approximate surface area is 157 Å². The van der Waals surface area contributed by atoms with Gasteiger partial charge in [-0.25, -0.2) is 0 Å². The Morgan fingerprint density at radius 2 is 1.77 bits per heavy atom. The third-order valence-corrected chi connectivity index (χ3v) is 4.88. The molecule has 2 fully saturated rings. The molecule has 0 atom stereocenters. The van der Waals surface area contributed by atoms with E-state index in [-0.39, 0.29) is 24.3 Å². The Kier molecular flexibility index (Phi) is 6.11. The molecule has 0 spiro atoms. The van der Waals surface area contributed by atoms with Gasteiger partial charge in [0, 0.05) is 32.2 Å². The smallest absolute Gasteiger partial charge is 0.253 e. The molecule has 26 heavy (non-hydrogen) atoms. The third kappa shape index (κ3) is 5.19. The minimum atomic E-state index is -0.362. The fourth-order valence-electron chi connectivity index (χ4n) is 2.87. The van der Waals surface area contributed by atoms with Crippen molar-refractivity contribution in [3.05, 3.63) is 34.9 Å². The van der Waals surface area contributed by atoms with Gasteiger partial charge in [0.15, 0.2) is 0 Å². The van der Waals surface area contributed by atoms with E-state index in [0.717, 1.165) is 12.8 Å². The highest BCUT2D eigenvalue weighted by molar-refractivity contribution is 6.33. The van der Waals surface area contributed by atoms with Crippen molar-refractivity contribution < 1.29 is 14.4 Å². The van der Waals surface area contributed by atoms with Crippen LogP contribution in [0.1, 0.15) is 23.2 Å². The monoisotopic (exact) mass is 378 g/mol. The minimum Gasteiger partial charge on any atom is -0.352 e. The maximum Gasteiger partial charge on any atom is 0.253 e. The average Bonchev–Trinajstić information content (AvgIpc) is 3.44. The zero-order chi connectivity index (χ0) is 18.5. The van der Waals surface area contributed by atoms with E-state index < -0.39 is 0 Å². The van der Waals surface area contributed by atoms with E-state index in [9.17, 15) is 14.4 Å². The molecule has 2 aliphatic rings. The number of halogens is 1. The minimum absolute atomic E-state index is 0.0549. The van der Waals surface area contributed by atoms with Gasteiger partial charge in [-0.2, -0.15) is 0 Å². The van der Waals surface area contributed by atoms with Crippen molar-refractivity contribution in [1.29, 1.82) is 0 Å². The van der Waals surface area contributed by atoms with Crippen LogP contribution in [0.2, 0.25) is 5.02 Å². The van der Waals surface area contributed by atoms with Crippen LogP contribution in [0.25, 0.3) is 0 Å². The van der Waals surface area contributed by atoms with Crippen molar-refractivity contribution >= 4 is 29.3 Å². The Bertz CT molecular complexity index is 685. The number of hydrogen-bond acceptors (Lipinski definition) is 4. The molecule has 140 valence electrons. The van der Waals surface area contributed by atoms with Gasteiger partial charge in [-0.3, -0.25) is 19.3 Å². The van der Waals surface area contributed by atoms with E-state index in [4.69, 9.17) is 11.6 Å². The Morgan fingerprint density at radius 1 is 1.08 bits per heavy atom. The van der Waals surface area contributed by atoms with Crippen LogP contribution in [0, 0.1) is 0 Å². The number of nitrogens with zero attached hydrogens (tertiary/aromatic N) is 2. The molecular formula is C18H23ClN4O3. The van der Waals surface area contributed by atoms with Gasteiger partial charge in [-0.05, 0) is 25.0 Å². The number of rotatable bonds is 6. The zero-order valence-electron chi connectivity index (χ0n) is 14.5. The number of hydrogen-bond donors (Lipinski definition) is 2. The quantitative estimate of drug-likeness (QED) is 0.755.